The summed E-state index contributed by atoms with van der Waals surface area (Å²) < 4.78 is 5.09. The van der Waals surface area contributed by atoms with E-state index >= 15 is 0 Å². The molecule has 0 aliphatic heterocycles. The number of aromatic nitrogens is 1. The van der Waals surface area contributed by atoms with Crippen molar-refractivity contribution in [2.45, 2.75) is 0 Å². The van der Waals surface area contributed by atoms with Gasteiger partial charge in [-0.15, -0.1) is 0 Å². The molecule has 0 bridgehead atoms. The number of anilines is 1. The highest BCUT2D eigenvalue weighted by molar-refractivity contribution is 6.04. The SMILES string of the molecule is COc1ccc(NC(=O)c2ccc(/C=N/NC(=O)c3ccccn3)cc2)cc1. The predicted octanol–water partition coefficient (Wildman–Crippen LogP) is 3.11. The highest BCUT2D eigenvalue weighted by atomic mass is 16.5. The van der Waals surface area contributed by atoms with Crippen molar-refractivity contribution in [2.75, 3.05) is 12.4 Å². The van der Waals surface area contributed by atoms with E-state index in [0.29, 0.717) is 11.3 Å². The summed E-state index contributed by atoms with van der Waals surface area (Å²) in [4.78, 5) is 28.1. The molecular formula is C21H18N4O3. The van der Waals surface area contributed by atoms with Crippen molar-refractivity contribution < 1.29 is 14.3 Å². The molecule has 0 unspecified atom stereocenters. The van der Waals surface area contributed by atoms with E-state index in [4.69, 9.17) is 4.74 Å². The third-order valence-corrected chi connectivity index (χ3v) is 3.80. The Morgan fingerprint density at radius 1 is 0.964 bits per heavy atom. The number of ether oxygens (including phenoxy) is 1. The lowest BCUT2D eigenvalue weighted by Crippen LogP contribution is -2.18. The van der Waals surface area contributed by atoms with E-state index in [1.54, 1.807) is 73.8 Å². The molecule has 3 aromatic rings. The van der Waals surface area contributed by atoms with Crippen LogP contribution in [0.4, 0.5) is 5.69 Å². The predicted molar refractivity (Wildman–Crippen MR) is 107 cm³/mol. The van der Waals surface area contributed by atoms with Crippen molar-refractivity contribution in [1.82, 2.24) is 10.4 Å². The minimum absolute atomic E-state index is 0.225. The van der Waals surface area contributed by atoms with Crippen LogP contribution in [0.3, 0.4) is 0 Å². The van der Waals surface area contributed by atoms with E-state index in [9.17, 15) is 9.59 Å². The van der Waals surface area contributed by atoms with Crippen LogP contribution >= 0.6 is 0 Å². The summed E-state index contributed by atoms with van der Waals surface area (Å²) in [7, 11) is 1.59. The molecule has 140 valence electrons. The molecule has 0 radical (unpaired) electrons. The number of nitrogens with zero attached hydrogens (tertiary/aromatic N) is 2. The van der Waals surface area contributed by atoms with E-state index in [0.717, 1.165) is 11.3 Å². The molecule has 2 amide bonds. The molecule has 0 atom stereocenters. The molecule has 0 aliphatic carbocycles. The fourth-order valence-corrected chi connectivity index (χ4v) is 2.32. The summed E-state index contributed by atoms with van der Waals surface area (Å²) in [5.74, 6) is 0.0984. The van der Waals surface area contributed by atoms with Gasteiger partial charge in [0.1, 0.15) is 11.4 Å². The highest BCUT2D eigenvalue weighted by Crippen LogP contribution is 2.16. The fourth-order valence-electron chi connectivity index (χ4n) is 2.32. The molecule has 28 heavy (non-hydrogen) atoms. The van der Waals surface area contributed by atoms with Crippen LogP contribution in [0.5, 0.6) is 5.75 Å². The van der Waals surface area contributed by atoms with E-state index in [-0.39, 0.29) is 11.6 Å². The van der Waals surface area contributed by atoms with Crippen molar-refractivity contribution >= 4 is 23.7 Å². The van der Waals surface area contributed by atoms with Gasteiger partial charge in [-0.1, -0.05) is 18.2 Å². The molecule has 0 aliphatic rings. The van der Waals surface area contributed by atoms with Gasteiger partial charge >= 0.3 is 0 Å². The number of methoxy groups -OCH3 is 1. The van der Waals surface area contributed by atoms with Crippen LogP contribution in [0.1, 0.15) is 26.4 Å². The van der Waals surface area contributed by atoms with Gasteiger partial charge in [-0.05, 0) is 54.1 Å². The second-order valence-corrected chi connectivity index (χ2v) is 5.72. The standard InChI is InChI=1S/C21H18N4O3/c1-28-18-11-9-17(10-12-18)24-20(26)16-7-5-15(6-8-16)14-23-25-21(27)19-4-2-3-13-22-19/h2-14H,1H3,(H,24,26)(H,25,27)/b23-14+. The minimum atomic E-state index is -0.396. The van der Waals surface area contributed by atoms with Gasteiger partial charge in [0.2, 0.25) is 0 Å². The molecule has 3 rings (SSSR count). The van der Waals surface area contributed by atoms with Crippen LogP contribution in [0, 0.1) is 0 Å². The van der Waals surface area contributed by atoms with Crippen LogP contribution in [0.15, 0.2) is 78.0 Å². The quantitative estimate of drug-likeness (QED) is 0.512. The zero-order valence-electron chi connectivity index (χ0n) is 15.1. The van der Waals surface area contributed by atoms with Crippen LogP contribution < -0.4 is 15.5 Å². The van der Waals surface area contributed by atoms with Gasteiger partial charge in [0.05, 0.1) is 13.3 Å². The third-order valence-electron chi connectivity index (χ3n) is 3.80. The maximum atomic E-state index is 12.3. The van der Waals surface area contributed by atoms with Gasteiger partial charge < -0.3 is 10.1 Å². The molecule has 0 spiro atoms. The van der Waals surface area contributed by atoms with Crippen molar-refractivity contribution in [1.29, 1.82) is 0 Å². The Morgan fingerprint density at radius 3 is 2.36 bits per heavy atom. The molecule has 1 heterocycles. The van der Waals surface area contributed by atoms with Gasteiger partial charge in [-0.3, -0.25) is 14.6 Å². The first-order chi connectivity index (χ1) is 13.7. The largest absolute Gasteiger partial charge is 0.497 e. The van der Waals surface area contributed by atoms with Crippen molar-refractivity contribution in [3.63, 3.8) is 0 Å². The Hall–Kier alpha value is -4.00. The molecule has 0 fully saturated rings. The second-order valence-electron chi connectivity index (χ2n) is 5.72. The monoisotopic (exact) mass is 374 g/mol. The Morgan fingerprint density at radius 2 is 1.71 bits per heavy atom. The molecule has 7 nitrogen and oxygen atoms in total. The fraction of sp³-hybridized carbons (Fsp3) is 0.0476. The zero-order valence-corrected chi connectivity index (χ0v) is 15.1. The number of hydrazone groups is 1. The number of carbonyl (C=O) groups excluding carboxylic acids is 2. The lowest BCUT2D eigenvalue weighted by Gasteiger charge is -2.06. The first-order valence-electron chi connectivity index (χ1n) is 8.45. The third kappa shape index (κ3) is 5.01. The van der Waals surface area contributed by atoms with Gasteiger partial charge in [-0.25, -0.2) is 5.43 Å². The number of nitrogens with one attached hydrogen (secondary N) is 2. The van der Waals surface area contributed by atoms with Crippen molar-refractivity contribution in [3.05, 3.63) is 89.7 Å². The van der Waals surface area contributed by atoms with E-state index < -0.39 is 5.91 Å². The number of amides is 2. The van der Waals surface area contributed by atoms with Crippen LogP contribution in [0.2, 0.25) is 0 Å². The van der Waals surface area contributed by atoms with Gasteiger partial charge in [0.25, 0.3) is 11.8 Å². The Bertz CT molecular complexity index is 969. The van der Waals surface area contributed by atoms with Crippen LogP contribution in [-0.4, -0.2) is 30.1 Å². The normalized spacial score (nSPS) is 10.5. The number of benzene rings is 2. The number of hydrogen-bond acceptors (Lipinski definition) is 5. The minimum Gasteiger partial charge on any atom is -0.497 e. The molecule has 1 aromatic heterocycles. The maximum absolute atomic E-state index is 12.3. The van der Waals surface area contributed by atoms with Gasteiger partial charge in [0.15, 0.2) is 0 Å². The van der Waals surface area contributed by atoms with Crippen molar-refractivity contribution in [3.8, 4) is 5.75 Å². The van der Waals surface area contributed by atoms with Gasteiger partial charge in [-0.2, -0.15) is 5.10 Å². The highest BCUT2D eigenvalue weighted by Gasteiger charge is 2.06. The summed E-state index contributed by atoms with van der Waals surface area (Å²) in [6, 6.07) is 19.0. The number of pyridine rings is 1. The molecule has 0 saturated heterocycles. The Balaban J connectivity index is 1.56. The summed E-state index contributed by atoms with van der Waals surface area (Å²) >= 11 is 0. The molecule has 2 aromatic carbocycles. The summed E-state index contributed by atoms with van der Waals surface area (Å²) in [5.41, 5.74) is 4.61. The van der Waals surface area contributed by atoms with E-state index in [2.05, 4.69) is 20.8 Å². The van der Waals surface area contributed by atoms with E-state index in [1.807, 2.05) is 0 Å². The topological polar surface area (TPSA) is 92.7 Å². The molecule has 2 N–H and O–H groups in total. The molecule has 0 saturated carbocycles. The van der Waals surface area contributed by atoms with E-state index in [1.165, 1.54) is 12.4 Å². The number of hydrogen-bond donors (Lipinski definition) is 2. The van der Waals surface area contributed by atoms with Crippen LogP contribution in [0.25, 0.3) is 0 Å². The molecule has 7 heteroatoms. The van der Waals surface area contributed by atoms with Crippen molar-refractivity contribution in [2.24, 2.45) is 5.10 Å². The maximum Gasteiger partial charge on any atom is 0.289 e. The first-order valence-corrected chi connectivity index (χ1v) is 8.45. The average Bonchev–Trinajstić information content (AvgIpc) is 2.75. The first kappa shape index (κ1) is 18.8. The Labute approximate surface area is 162 Å². The number of rotatable bonds is 6. The van der Waals surface area contributed by atoms with Gasteiger partial charge in [0, 0.05) is 17.4 Å². The molecular weight excluding hydrogens is 356 g/mol. The zero-order chi connectivity index (χ0) is 19.8. The lowest BCUT2D eigenvalue weighted by molar-refractivity contribution is 0.0949. The number of carbonyl (C=O) groups is 2. The Kier molecular flexibility index (Phi) is 6.10. The summed E-state index contributed by atoms with van der Waals surface area (Å²) in [5, 5.41) is 6.71. The average molecular weight is 374 g/mol. The van der Waals surface area contributed by atoms with Crippen LogP contribution in [-0.2, 0) is 0 Å². The summed E-state index contributed by atoms with van der Waals surface area (Å²) in [6.45, 7) is 0. The summed E-state index contributed by atoms with van der Waals surface area (Å²) in [6.07, 6.45) is 3.03. The lowest BCUT2D eigenvalue weighted by atomic mass is 10.1. The second kappa shape index (κ2) is 9.09. The smallest absolute Gasteiger partial charge is 0.289 e.